The molecule has 0 amide bonds. The van der Waals surface area contributed by atoms with Crippen LogP contribution in [0.2, 0.25) is 5.02 Å². The van der Waals surface area contributed by atoms with Crippen molar-refractivity contribution in [1.29, 1.82) is 0 Å². The Kier molecular flexibility index (Phi) is 3.68. The molecule has 7 heteroatoms. The minimum atomic E-state index is -3.79. The average molecular weight is 369 g/mol. The fourth-order valence-corrected chi connectivity index (χ4v) is 4.83. The van der Waals surface area contributed by atoms with Gasteiger partial charge in [0.1, 0.15) is 4.90 Å². The Hall–Kier alpha value is 0.710. The minimum absolute atomic E-state index is 0.0540. The molecule has 2 nitrogen and oxygen atoms in total. The molecule has 0 fully saturated rings. The second-order valence-corrected chi connectivity index (χ2v) is 6.67. The van der Waals surface area contributed by atoms with Crippen LogP contribution >= 0.6 is 54.1 Å². The van der Waals surface area contributed by atoms with Crippen LogP contribution in [0.25, 0.3) is 0 Å². The third-order valence-electron chi connectivity index (χ3n) is 1.25. The SMILES string of the molecule is O=S(=O)(Cl)c1c(Br)ccc(Cl)c1Br. The Morgan fingerprint density at radius 1 is 1.23 bits per heavy atom. The molecule has 1 aromatic rings. The molecule has 0 saturated carbocycles. The average Bonchev–Trinajstić information content (AvgIpc) is 1.95. The largest absolute Gasteiger partial charge is 0.263 e. The van der Waals surface area contributed by atoms with E-state index in [9.17, 15) is 8.42 Å². The predicted molar refractivity (Wildman–Crippen MR) is 59.9 cm³/mol. The fraction of sp³-hybridized carbons (Fsp3) is 0. The summed E-state index contributed by atoms with van der Waals surface area (Å²) in [6.45, 7) is 0. The van der Waals surface area contributed by atoms with E-state index in [0.717, 1.165) is 0 Å². The molecule has 0 unspecified atom stereocenters. The van der Waals surface area contributed by atoms with Crippen molar-refractivity contribution in [3.63, 3.8) is 0 Å². The minimum Gasteiger partial charge on any atom is -0.207 e. The van der Waals surface area contributed by atoms with Gasteiger partial charge in [0.2, 0.25) is 0 Å². The number of hydrogen-bond acceptors (Lipinski definition) is 2. The van der Waals surface area contributed by atoms with E-state index in [4.69, 9.17) is 22.3 Å². The molecule has 72 valence electrons. The van der Waals surface area contributed by atoms with Crippen LogP contribution in [-0.4, -0.2) is 8.42 Å². The molecule has 0 spiro atoms. The van der Waals surface area contributed by atoms with Crippen molar-refractivity contribution < 1.29 is 8.42 Å². The fourth-order valence-electron chi connectivity index (χ4n) is 0.732. The Balaban J connectivity index is 3.62. The van der Waals surface area contributed by atoms with Gasteiger partial charge in [-0.25, -0.2) is 8.42 Å². The molecule has 0 aromatic heterocycles. The molecule has 0 atom stereocenters. The summed E-state index contributed by atoms with van der Waals surface area (Å²) in [6, 6.07) is 3.07. The van der Waals surface area contributed by atoms with Crippen LogP contribution in [0.3, 0.4) is 0 Å². The molecule has 0 N–H and O–H groups in total. The molecule has 13 heavy (non-hydrogen) atoms. The highest BCUT2D eigenvalue weighted by Crippen LogP contribution is 2.36. The summed E-state index contributed by atoms with van der Waals surface area (Å²) in [7, 11) is 1.40. The van der Waals surface area contributed by atoms with Crippen LogP contribution in [0.5, 0.6) is 0 Å². The van der Waals surface area contributed by atoms with Crippen molar-refractivity contribution in [2.24, 2.45) is 0 Å². The number of halogens is 4. The van der Waals surface area contributed by atoms with Gasteiger partial charge in [0.15, 0.2) is 0 Å². The van der Waals surface area contributed by atoms with E-state index in [1.807, 2.05) is 0 Å². The first-order valence-electron chi connectivity index (χ1n) is 2.92. The number of rotatable bonds is 1. The molecular formula is C6H2Br2Cl2O2S. The Labute approximate surface area is 102 Å². The van der Waals surface area contributed by atoms with Gasteiger partial charge in [0.25, 0.3) is 9.05 Å². The third kappa shape index (κ3) is 2.59. The van der Waals surface area contributed by atoms with E-state index in [2.05, 4.69) is 31.9 Å². The van der Waals surface area contributed by atoms with Crippen LogP contribution in [0.1, 0.15) is 0 Å². The third-order valence-corrected chi connectivity index (χ3v) is 5.17. The van der Waals surface area contributed by atoms with Crippen molar-refractivity contribution in [1.82, 2.24) is 0 Å². The summed E-state index contributed by atoms with van der Waals surface area (Å²) in [5, 5.41) is 0.294. The van der Waals surface area contributed by atoms with Gasteiger partial charge in [-0.05, 0) is 44.0 Å². The molecule has 0 aliphatic carbocycles. The first-order chi connectivity index (χ1) is 5.84. The van der Waals surface area contributed by atoms with Gasteiger partial charge in [-0.2, -0.15) is 0 Å². The standard InChI is InChI=1S/C6H2Br2Cl2O2S/c7-3-1-2-4(9)5(8)6(3)13(10,11)12/h1-2H. The van der Waals surface area contributed by atoms with Gasteiger partial charge in [-0.1, -0.05) is 11.6 Å². The van der Waals surface area contributed by atoms with Crippen molar-refractivity contribution in [2.45, 2.75) is 4.90 Å². The van der Waals surface area contributed by atoms with Gasteiger partial charge >= 0.3 is 0 Å². The van der Waals surface area contributed by atoms with Crippen LogP contribution in [0, 0.1) is 0 Å². The summed E-state index contributed by atoms with van der Waals surface area (Å²) in [5.74, 6) is 0. The van der Waals surface area contributed by atoms with Gasteiger partial charge in [0, 0.05) is 15.2 Å². The van der Waals surface area contributed by atoms with E-state index < -0.39 is 9.05 Å². The molecule has 0 aliphatic rings. The first-order valence-corrected chi connectivity index (χ1v) is 7.19. The summed E-state index contributed by atoms with van der Waals surface area (Å²) in [6.07, 6.45) is 0. The molecule has 1 aromatic carbocycles. The van der Waals surface area contributed by atoms with E-state index in [0.29, 0.717) is 9.50 Å². The van der Waals surface area contributed by atoms with Crippen LogP contribution < -0.4 is 0 Å². The zero-order chi connectivity index (χ0) is 10.2. The van der Waals surface area contributed by atoms with Crippen LogP contribution in [0.4, 0.5) is 0 Å². The second kappa shape index (κ2) is 4.06. The maximum absolute atomic E-state index is 11.1. The summed E-state index contributed by atoms with van der Waals surface area (Å²) >= 11 is 11.8. The molecule has 0 radical (unpaired) electrons. The first kappa shape index (κ1) is 11.8. The smallest absolute Gasteiger partial charge is 0.207 e. The van der Waals surface area contributed by atoms with Gasteiger partial charge in [-0.15, -0.1) is 0 Å². The normalized spacial score (nSPS) is 11.7. The zero-order valence-electron chi connectivity index (χ0n) is 5.89. The maximum atomic E-state index is 11.1. The van der Waals surface area contributed by atoms with Crippen molar-refractivity contribution in [3.05, 3.63) is 26.1 Å². The summed E-state index contributed by atoms with van der Waals surface area (Å²) in [4.78, 5) is -0.0540. The molecular weight excluding hydrogens is 367 g/mol. The van der Waals surface area contributed by atoms with Crippen molar-refractivity contribution in [2.75, 3.05) is 0 Å². The lowest BCUT2D eigenvalue weighted by atomic mass is 10.4. The quantitative estimate of drug-likeness (QED) is 0.558. The molecule has 0 aliphatic heterocycles. The van der Waals surface area contributed by atoms with Crippen LogP contribution in [-0.2, 0) is 9.05 Å². The lowest BCUT2D eigenvalue weighted by Crippen LogP contribution is -1.94. The molecule has 0 saturated heterocycles. The lowest BCUT2D eigenvalue weighted by molar-refractivity contribution is 0.608. The monoisotopic (exact) mass is 366 g/mol. The summed E-state index contributed by atoms with van der Waals surface area (Å²) < 4.78 is 22.8. The van der Waals surface area contributed by atoms with Gasteiger partial charge in [-0.3, -0.25) is 0 Å². The zero-order valence-corrected chi connectivity index (χ0v) is 11.4. The highest BCUT2D eigenvalue weighted by Gasteiger charge is 2.20. The Bertz CT molecular complexity index is 444. The second-order valence-electron chi connectivity index (χ2n) is 2.11. The van der Waals surface area contributed by atoms with Crippen LogP contribution in [0.15, 0.2) is 26.0 Å². The molecule has 0 heterocycles. The highest BCUT2D eigenvalue weighted by atomic mass is 79.9. The topological polar surface area (TPSA) is 34.1 Å². The van der Waals surface area contributed by atoms with E-state index in [-0.39, 0.29) is 9.37 Å². The Morgan fingerprint density at radius 2 is 1.77 bits per heavy atom. The number of benzene rings is 1. The maximum Gasteiger partial charge on any atom is 0.263 e. The van der Waals surface area contributed by atoms with E-state index in [1.165, 1.54) is 6.07 Å². The predicted octanol–water partition coefficient (Wildman–Crippen LogP) is 3.79. The van der Waals surface area contributed by atoms with E-state index in [1.54, 1.807) is 6.07 Å². The van der Waals surface area contributed by atoms with Gasteiger partial charge < -0.3 is 0 Å². The molecule has 0 bridgehead atoms. The number of hydrogen-bond donors (Lipinski definition) is 0. The lowest BCUT2D eigenvalue weighted by Gasteiger charge is -2.04. The van der Waals surface area contributed by atoms with E-state index >= 15 is 0 Å². The Morgan fingerprint density at radius 3 is 2.15 bits per heavy atom. The van der Waals surface area contributed by atoms with Gasteiger partial charge in [0.05, 0.1) is 9.50 Å². The van der Waals surface area contributed by atoms with Crippen molar-refractivity contribution >= 4 is 63.2 Å². The molecule has 1 rings (SSSR count). The summed E-state index contributed by atoms with van der Waals surface area (Å²) in [5.41, 5.74) is 0. The van der Waals surface area contributed by atoms with Crippen molar-refractivity contribution in [3.8, 4) is 0 Å². The highest BCUT2D eigenvalue weighted by molar-refractivity contribution is 9.11.